The molecule has 0 saturated heterocycles. The number of hydrogen-bond acceptors (Lipinski definition) is 4. The van der Waals surface area contributed by atoms with Crippen LogP contribution in [0.15, 0.2) is 42.7 Å². The normalized spacial score (nSPS) is 14.6. The van der Waals surface area contributed by atoms with Crippen LogP contribution in [0.2, 0.25) is 5.02 Å². The van der Waals surface area contributed by atoms with E-state index in [2.05, 4.69) is 5.10 Å². The van der Waals surface area contributed by atoms with Gasteiger partial charge in [-0.05, 0) is 56.5 Å². The van der Waals surface area contributed by atoms with Crippen molar-refractivity contribution in [2.45, 2.75) is 63.2 Å². The van der Waals surface area contributed by atoms with Crippen LogP contribution < -0.4 is 0 Å². The van der Waals surface area contributed by atoms with Gasteiger partial charge in [0.05, 0.1) is 28.5 Å². The number of halogens is 8. The average Bonchev–Trinajstić information content (AvgIpc) is 3.40. The maximum absolute atomic E-state index is 15.0. The first-order chi connectivity index (χ1) is 18.8. The fourth-order valence-corrected chi connectivity index (χ4v) is 4.70. The maximum Gasteiger partial charge on any atom is 0.437 e. The Morgan fingerprint density at radius 1 is 1.02 bits per heavy atom. The summed E-state index contributed by atoms with van der Waals surface area (Å²) in [5.41, 5.74) is -8.29. The molecule has 3 aromatic rings. The molecular weight excluding hydrogens is 583 g/mol. The molecular formula is C26H21ClF7N5O2. The Kier molecular flexibility index (Phi) is 7.27. The second-order valence-electron chi connectivity index (χ2n) is 10.0. The highest BCUT2D eigenvalue weighted by atomic mass is 35.5. The summed E-state index contributed by atoms with van der Waals surface area (Å²) >= 11 is 6.22. The van der Waals surface area contributed by atoms with Crippen LogP contribution in [-0.2, 0) is 10.5 Å². The molecule has 0 unspecified atom stereocenters. The predicted molar refractivity (Wildman–Crippen MR) is 132 cm³/mol. The third-order valence-corrected chi connectivity index (χ3v) is 6.97. The van der Waals surface area contributed by atoms with Crippen LogP contribution in [0.4, 0.5) is 30.7 Å². The van der Waals surface area contributed by atoms with E-state index in [9.17, 15) is 45.6 Å². The van der Waals surface area contributed by atoms with Gasteiger partial charge in [0, 0.05) is 24.7 Å². The zero-order chi connectivity index (χ0) is 30.7. The van der Waals surface area contributed by atoms with Crippen molar-refractivity contribution in [3.8, 4) is 23.0 Å². The third kappa shape index (κ3) is 5.07. The molecule has 2 heterocycles. The molecule has 41 heavy (non-hydrogen) atoms. The summed E-state index contributed by atoms with van der Waals surface area (Å²) in [7, 11) is 0. The smallest absolute Gasteiger partial charge is 0.323 e. The molecule has 2 amide bonds. The number of aromatic nitrogens is 3. The quantitative estimate of drug-likeness (QED) is 0.287. The van der Waals surface area contributed by atoms with Gasteiger partial charge in [-0.25, -0.2) is 9.07 Å². The first-order valence-corrected chi connectivity index (χ1v) is 12.4. The molecule has 0 bridgehead atoms. The molecule has 2 aromatic heterocycles. The Morgan fingerprint density at radius 2 is 1.63 bits per heavy atom. The minimum absolute atomic E-state index is 0.0445. The number of amides is 2. The van der Waals surface area contributed by atoms with Crippen molar-refractivity contribution in [3.63, 3.8) is 0 Å². The molecule has 1 aliphatic carbocycles. The zero-order valence-corrected chi connectivity index (χ0v) is 22.4. The zero-order valence-electron chi connectivity index (χ0n) is 21.6. The number of carbonyl (C=O) groups is 2. The largest absolute Gasteiger partial charge is 0.437 e. The summed E-state index contributed by atoms with van der Waals surface area (Å²) in [6.07, 6.45) is -9.56. The van der Waals surface area contributed by atoms with E-state index in [0.29, 0.717) is 16.2 Å². The van der Waals surface area contributed by atoms with Gasteiger partial charge in [0.25, 0.3) is 5.91 Å². The topological polar surface area (TPSA) is 83.9 Å². The minimum Gasteiger partial charge on any atom is -0.323 e. The number of benzene rings is 1. The molecule has 4 rings (SSSR count). The van der Waals surface area contributed by atoms with Gasteiger partial charge in [0.1, 0.15) is 11.4 Å². The Labute approximate surface area is 233 Å². The summed E-state index contributed by atoms with van der Waals surface area (Å²) < 4.78 is 97.7. The molecule has 0 aliphatic heterocycles. The fraction of sp³-hybridized carbons (Fsp3) is 0.385. The van der Waals surface area contributed by atoms with Gasteiger partial charge in [-0.1, -0.05) is 17.7 Å². The van der Waals surface area contributed by atoms with Crippen LogP contribution >= 0.6 is 11.6 Å². The van der Waals surface area contributed by atoms with Crippen LogP contribution in [0.3, 0.4) is 0 Å². The van der Waals surface area contributed by atoms with Gasteiger partial charge in [-0.3, -0.25) is 14.5 Å². The summed E-state index contributed by atoms with van der Waals surface area (Å²) in [6, 6.07) is 6.55. The van der Waals surface area contributed by atoms with Gasteiger partial charge in [0.2, 0.25) is 5.91 Å². The number of nitriles is 1. The van der Waals surface area contributed by atoms with Gasteiger partial charge < -0.3 is 4.57 Å². The molecule has 7 nitrogen and oxygen atoms in total. The van der Waals surface area contributed by atoms with E-state index in [1.165, 1.54) is 44.4 Å². The highest BCUT2D eigenvalue weighted by molar-refractivity contribution is 6.34. The Balaban J connectivity index is 1.78. The van der Waals surface area contributed by atoms with Crippen LogP contribution in [-0.4, -0.2) is 49.0 Å². The summed E-state index contributed by atoms with van der Waals surface area (Å²) in [5.74, 6) is -1.81. The monoisotopic (exact) mass is 603 g/mol. The highest BCUT2D eigenvalue weighted by Crippen LogP contribution is 2.55. The van der Waals surface area contributed by atoms with E-state index >= 15 is 0 Å². The SMILES string of the molecule is CC(=O)N(C(=O)c1cc(-c2cnn(-c3ccc(C(F)(C(F)(F)F)C(F)(F)F)n3C3CC3)c2)ccc1Cl)C(C)(C)C#N. The van der Waals surface area contributed by atoms with E-state index in [0.717, 1.165) is 22.6 Å². The maximum atomic E-state index is 15.0. The third-order valence-electron chi connectivity index (χ3n) is 6.64. The van der Waals surface area contributed by atoms with Crippen molar-refractivity contribution in [1.29, 1.82) is 5.26 Å². The minimum atomic E-state index is -6.27. The molecule has 1 saturated carbocycles. The first-order valence-electron chi connectivity index (χ1n) is 12.0. The van der Waals surface area contributed by atoms with E-state index in [1.54, 1.807) is 0 Å². The van der Waals surface area contributed by atoms with Gasteiger partial charge in [-0.2, -0.15) is 36.7 Å². The van der Waals surface area contributed by atoms with Crippen molar-refractivity contribution >= 4 is 23.4 Å². The molecule has 1 aliphatic rings. The van der Waals surface area contributed by atoms with Crippen LogP contribution in [0.1, 0.15) is 55.7 Å². The van der Waals surface area contributed by atoms with Crippen molar-refractivity contribution < 1.29 is 40.3 Å². The lowest BCUT2D eigenvalue weighted by molar-refractivity contribution is -0.350. The standard InChI is InChI=1S/C26H21ClF7N5O2/c1-14(40)39(23(2,3)13-35)22(41)18-10-15(4-7-19(18)27)16-11-36-37(12-16)21-9-8-20(38(21)17-5-6-17)24(28,25(29,30)31)26(32,33)34/h4,7-12,17H,5-6H2,1-3H3. The average molecular weight is 604 g/mol. The van der Waals surface area contributed by atoms with Crippen LogP contribution in [0.5, 0.6) is 0 Å². The number of alkyl halides is 7. The van der Waals surface area contributed by atoms with Crippen molar-refractivity contribution in [1.82, 2.24) is 19.2 Å². The number of rotatable bonds is 6. The second-order valence-corrected chi connectivity index (χ2v) is 10.4. The summed E-state index contributed by atoms with van der Waals surface area (Å²) in [4.78, 5) is 26.2. The van der Waals surface area contributed by atoms with E-state index in [-0.39, 0.29) is 34.8 Å². The lowest BCUT2D eigenvalue weighted by atomic mass is 10.0. The Morgan fingerprint density at radius 3 is 2.15 bits per heavy atom. The van der Waals surface area contributed by atoms with Crippen molar-refractivity contribution in [2.24, 2.45) is 0 Å². The van der Waals surface area contributed by atoms with Crippen LogP contribution in [0.25, 0.3) is 16.9 Å². The molecule has 1 fully saturated rings. The highest BCUT2D eigenvalue weighted by Gasteiger charge is 2.75. The van der Waals surface area contributed by atoms with Gasteiger partial charge in [-0.15, -0.1) is 0 Å². The lowest BCUT2D eigenvalue weighted by Crippen LogP contribution is -2.51. The molecule has 0 spiro atoms. The number of hydrogen-bond donors (Lipinski definition) is 0. The van der Waals surface area contributed by atoms with Crippen molar-refractivity contribution in [3.05, 3.63) is 59.0 Å². The number of imide groups is 1. The van der Waals surface area contributed by atoms with Crippen LogP contribution in [0, 0.1) is 11.3 Å². The fourth-order valence-electron chi connectivity index (χ4n) is 4.50. The molecule has 0 N–H and O–H groups in total. The Hall–Kier alpha value is -3.86. The van der Waals surface area contributed by atoms with E-state index < -0.39 is 47.1 Å². The molecule has 0 atom stereocenters. The van der Waals surface area contributed by atoms with Crippen molar-refractivity contribution in [2.75, 3.05) is 0 Å². The lowest BCUT2D eigenvalue weighted by Gasteiger charge is -2.31. The molecule has 0 radical (unpaired) electrons. The second kappa shape index (κ2) is 9.90. The Bertz CT molecular complexity index is 1550. The number of nitrogens with zero attached hydrogens (tertiary/aromatic N) is 5. The number of carbonyl (C=O) groups excluding carboxylic acids is 2. The molecule has 218 valence electrons. The molecule has 1 aromatic carbocycles. The van der Waals surface area contributed by atoms with Gasteiger partial charge >= 0.3 is 18.0 Å². The predicted octanol–water partition coefficient (Wildman–Crippen LogP) is 6.91. The summed E-state index contributed by atoms with van der Waals surface area (Å²) in [5, 5.41) is 13.4. The molecule has 15 heteroatoms. The van der Waals surface area contributed by atoms with Gasteiger partial charge in [0.15, 0.2) is 0 Å². The summed E-state index contributed by atoms with van der Waals surface area (Å²) in [6.45, 7) is 3.83. The van der Waals surface area contributed by atoms with E-state index in [1.807, 2.05) is 6.07 Å². The van der Waals surface area contributed by atoms with E-state index in [4.69, 9.17) is 11.6 Å². The first kappa shape index (κ1) is 30.1.